The van der Waals surface area contributed by atoms with Crippen molar-refractivity contribution in [3.05, 3.63) is 59.7 Å². The minimum atomic E-state index is -0.649. The predicted molar refractivity (Wildman–Crippen MR) is 103 cm³/mol. The van der Waals surface area contributed by atoms with Gasteiger partial charge in [0, 0.05) is 5.69 Å². The number of benzene rings is 2. The molecule has 0 saturated heterocycles. The molecule has 0 bridgehead atoms. The topological polar surface area (TPSA) is 90.9 Å². The van der Waals surface area contributed by atoms with Crippen LogP contribution in [0, 0.1) is 0 Å². The van der Waals surface area contributed by atoms with Crippen LogP contribution < -0.4 is 10.1 Å². The van der Waals surface area contributed by atoms with Gasteiger partial charge >= 0.3 is 11.9 Å². The Balaban J connectivity index is 1.73. The summed E-state index contributed by atoms with van der Waals surface area (Å²) < 4.78 is 14.8. The molecule has 28 heavy (non-hydrogen) atoms. The largest absolute Gasteiger partial charge is 0.482 e. The Morgan fingerprint density at radius 3 is 2.14 bits per heavy atom. The summed E-state index contributed by atoms with van der Waals surface area (Å²) >= 11 is 0. The average Bonchev–Trinajstić information content (AvgIpc) is 2.71. The summed E-state index contributed by atoms with van der Waals surface area (Å²) in [5.41, 5.74) is 2.01. The molecule has 0 heterocycles. The molecule has 7 heteroatoms. The molecule has 0 aromatic heterocycles. The highest BCUT2D eigenvalue weighted by molar-refractivity contribution is 5.94. The molecule has 0 saturated carbocycles. The first kappa shape index (κ1) is 21.0. The van der Waals surface area contributed by atoms with Crippen molar-refractivity contribution >= 4 is 23.5 Å². The summed E-state index contributed by atoms with van der Waals surface area (Å²) in [5.74, 6) is -0.652. The van der Waals surface area contributed by atoms with Gasteiger partial charge < -0.3 is 19.5 Å². The van der Waals surface area contributed by atoms with Crippen LogP contribution in [0.3, 0.4) is 0 Å². The zero-order chi connectivity index (χ0) is 20.5. The van der Waals surface area contributed by atoms with Gasteiger partial charge in [-0.3, -0.25) is 4.79 Å². The zero-order valence-corrected chi connectivity index (χ0v) is 16.1. The Morgan fingerprint density at radius 2 is 1.57 bits per heavy atom. The highest BCUT2D eigenvalue weighted by Crippen LogP contribution is 2.18. The molecule has 0 fully saturated rings. The molecule has 1 amide bonds. The number of carbonyl (C=O) groups is 3. The summed E-state index contributed by atoms with van der Waals surface area (Å²) in [5, 5.41) is 2.56. The van der Waals surface area contributed by atoms with Gasteiger partial charge in [-0.2, -0.15) is 0 Å². The number of amides is 1. The van der Waals surface area contributed by atoms with Crippen LogP contribution in [-0.4, -0.2) is 38.2 Å². The Morgan fingerprint density at radius 1 is 0.929 bits per heavy atom. The molecule has 0 aliphatic heterocycles. The van der Waals surface area contributed by atoms with E-state index in [-0.39, 0.29) is 6.61 Å². The highest BCUT2D eigenvalue weighted by atomic mass is 16.6. The van der Waals surface area contributed by atoms with Crippen LogP contribution in [0.15, 0.2) is 48.5 Å². The Labute approximate surface area is 163 Å². The van der Waals surface area contributed by atoms with E-state index in [2.05, 4.69) is 23.9 Å². The summed E-state index contributed by atoms with van der Waals surface area (Å²) in [6.07, 6.45) is 0. The molecule has 1 N–H and O–H groups in total. The van der Waals surface area contributed by atoms with Crippen molar-refractivity contribution in [2.24, 2.45) is 0 Å². The van der Waals surface area contributed by atoms with Crippen LogP contribution in [0.5, 0.6) is 5.75 Å². The lowest BCUT2D eigenvalue weighted by molar-refractivity contribution is -0.149. The smallest absolute Gasteiger partial charge is 0.344 e. The SMILES string of the molecule is COC(=O)c1ccc(NC(=O)COC(=O)COc2ccc(C(C)C)cc2)cc1. The third-order valence-corrected chi connectivity index (χ3v) is 3.86. The second-order valence-corrected chi connectivity index (χ2v) is 6.29. The number of carbonyl (C=O) groups excluding carboxylic acids is 3. The quantitative estimate of drug-likeness (QED) is 0.702. The molecule has 0 atom stereocenters. The van der Waals surface area contributed by atoms with Gasteiger partial charge in [-0.1, -0.05) is 26.0 Å². The molecule has 0 aliphatic carbocycles. The van der Waals surface area contributed by atoms with Crippen LogP contribution in [0.2, 0.25) is 0 Å². The maximum Gasteiger partial charge on any atom is 0.344 e. The van der Waals surface area contributed by atoms with Crippen molar-refractivity contribution in [3.63, 3.8) is 0 Å². The Bertz CT molecular complexity index is 812. The van der Waals surface area contributed by atoms with Gasteiger partial charge in [-0.25, -0.2) is 9.59 Å². The Hall–Kier alpha value is -3.35. The van der Waals surface area contributed by atoms with Gasteiger partial charge in [0.2, 0.25) is 0 Å². The van der Waals surface area contributed by atoms with Gasteiger partial charge in [-0.05, 0) is 47.9 Å². The molecule has 148 valence electrons. The van der Waals surface area contributed by atoms with E-state index in [1.54, 1.807) is 24.3 Å². The van der Waals surface area contributed by atoms with Gasteiger partial charge in [0.15, 0.2) is 13.2 Å². The van der Waals surface area contributed by atoms with E-state index in [4.69, 9.17) is 9.47 Å². The molecule has 2 aromatic carbocycles. The number of rotatable bonds is 8. The number of methoxy groups -OCH3 is 1. The molecule has 0 radical (unpaired) electrons. The van der Waals surface area contributed by atoms with Crippen LogP contribution in [0.4, 0.5) is 5.69 Å². The minimum Gasteiger partial charge on any atom is -0.482 e. The molecule has 0 aliphatic rings. The second-order valence-electron chi connectivity index (χ2n) is 6.29. The summed E-state index contributed by atoms with van der Waals surface area (Å²) in [4.78, 5) is 34.9. The molecule has 2 rings (SSSR count). The average molecular weight is 385 g/mol. The monoisotopic (exact) mass is 385 g/mol. The van der Waals surface area contributed by atoms with Crippen molar-refractivity contribution in [3.8, 4) is 5.75 Å². The first-order valence-corrected chi connectivity index (χ1v) is 8.75. The van der Waals surface area contributed by atoms with E-state index in [1.807, 2.05) is 12.1 Å². The predicted octanol–water partition coefficient (Wildman–Crippen LogP) is 3.16. The van der Waals surface area contributed by atoms with Crippen LogP contribution in [0.1, 0.15) is 35.7 Å². The van der Waals surface area contributed by atoms with E-state index >= 15 is 0 Å². The fourth-order valence-corrected chi connectivity index (χ4v) is 2.28. The summed E-state index contributed by atoms with van der Waals surface area (Å²) in [6.45, 7) is 3.45. The third kappa shape index (κ3) is 6.42. The van der Waals surface area contributed by atoms with Gasteiger partial charge in [-0.15, -0.1) is 0 Å². The lowest BCUT2D eigenvalue weighted by Crippen LogP contribution is -2.23. The minimum absolute atomic E-state index is 0.290. The van der Waals surface area contributed by atoms with E-state index in [9.17, 15) is 14.4 Å². The Kier molecular flexibility index (Phi) is 7.56. The first-order valence-electron chi connectivity index (χ1n) is 8.75. The molecule has 2 aromatic rings. The molecular weight excluding hydrogens is 362 g/mol. The zero-order valence-electron chi connectivity index (χ0n) is 16.1. The molecular formula is C21H23NO6. The number of hydrogen-bond donors (Lipinski definition) is 1. The number of hydrogen-bond acceptors (Lipinski definition) is 6. The van der Waals surface area contributed by atoms with E-state index < -0.39 is 24.5 Å². The van der Waals surface area contributed by atoms with Crippen LogP contribution in [-0.2, 0) is 19.1 Å². The summed E-state index contributed by atoms with van der Waals surface area (Å²) in [6, 6.07) is 13.6. The van der Waals surface area contributed by atoms with Gasteiger partial charge in [0.25, 0.3) is 5.91 Å². The van der Waals surface area contributed by atoms with Crippen LogP contribution >= 0.6 is 0 Å². The normalized spacial score (nSPS) is 10.3. The number of anilines is 1. The standard InChI is InChI=1S/C21H23NO6/c1-14(2)15-6-10-18(11-7-15)27-13-20(24)28-12-19(23)22-17-8-4-16(5-9-17)21(25)26-3/h4-11,14H,12-13H2,1-3H3,(H,22,23). The maximum absolute atomic E-state index is 11.8. The maximum atomic E-state index is 11.8. The molecule has 0 unspecified atom stereocenters. The van der Waals surface area contributed by atoms with E-state index in [0.717, 1.165) is 0 Å². The van der Waals surface area contributed by atoms with Gasteiger partial charge in [0.05, 0.1) is 12.7 Å². The third-order valence-electron chi connectivity index (χ3n) is 3.86. The highest BCUT2D eigenvalue weighted by Gasteiger charge is 2.10. The van der Waals surface area contributed by atoms with E-state index in [1.165, 1.54) is 24.8 Å². The van der Waals surface area contributed by atoms with E-state index in [0.29, 0.717) is 22.9 Å². The van der Waals surface area contributed by atoms with Crippen molar-refractivity contribution in [2.75, 3.05) is 25.6 Å². The van der Waals surface area contributed by atoms with Crippen molar-refractivity contribution < 1.29 is 28.6 Å². The van der Waals surface area contributed by atoms with Gasteiger partial charge in [0.1, 0.15) is 5.75 Å². The molecule has 0 spiro atoms. The number of esters is 2. The van der Waals surface area contributed by atoms with Crippen molar-refractivity contribution in [1.82, 2.24) is 0 Å². The molecule has 7 nitrogen and oxygen atoms in total. The van der Waals surface area contributed by atoms with Crippen molar-refractivity contribution in [2.45, 2.75) is 19.8 Å². The number of nitrogens with one attached hydrogen (secondary N) is 1. The van der Waals surface area contributed by atoms with Crippen LogP contribution in [0.25, 0.3) is 0 Å². The van der Waals surface area contributed by atoms with Crippen molar-refractivity contribution in [1.29, 1.82) is 0 Å². The number of ether oxygens (including phenoxy) is 3. The summed E-state index contributed by atoms with van der Waals surface area (Å²) in [7, 11) is 1.29. The lowest BCUT2D eigenvalue weighted by Gasteiger charge is -2.09. The lowest BCUT2D eigenvalue weighted by atomic mass is 10.0. The fraction of sp³-hybridized carbons (Fsp3) is 0.286. The fourth-order valence-electron chi connectivity index (χ4n) is 2.28. The second kappa shape index (κ2) is 10.1. The first-order chi connectivity index (χ1) is 13.4.